The minimum atomic E-state index is 0.737. The fourth-order valence-electron chi connectivity index (χ4n) is 2.18. The van der Waals surface area contributed by atoms with Crippen LogP contribution in [0.1, 0.15) is 11.1 Å². The van der Waals surface area contributed by atoms with Crippen LogP contribution in [-0.4, -0.2) is 9.55 Å². The van der Waals surface area contributed by atoms with Crippen LogP contribution < -0.4 is 5.73 Å². The van der Waals surface area contributed by atoms with Crippen LogP contribution in [0.15, 0.2) is 41.1 Å². The molecule has 0 atom stereocenters. The molecule has 3 nitrogen and oxygen atoms in total. The highest BCUT2D eigenvalue weighted by Gasteiger charge is 2.09. The second-order valence-corrected chi connectivity index (χ2v) is 5.66. The molecule has 0 amide bonds. The molecule has 4 heteroatoms. The fourth-order valence-corrected chi connectivity index (χ4v) is 2.53. The van der Waals surface area contributed by atoms with Crippen LogP contribution in [0.25, 0.3) is 16.7 Å². The first-order valence-corrected chi connectivity index (χ1v) is 6.85. The van der Waals surface area contributed by atoms with E-state index in [-0.39, 0.29) is 0 Å². The van der Waals surface area contributed by atoms with Gasteiger partial charge in [0.1, 0.15) is 6.33 Å². The van der Waals surface area contributed by atoms with E-state index in [1.54, 1.807) is 0 Å². The van der Waals surface area contributed by atoms with E-state index in [1.807, 2.05) is 29.1 Å². The largest absolute Gasteiger partial charge is 0.397 e. The zero-order valence-electron chi connectivity index (χ0n) is 10.8. The van der Waals surface area contributed by atoms with Crippen LogP contribution in [0.4, 0.5) is 5.69 Å². The molecule has 19 heavy (non-hydrogen) atoms. The summed E-state index contributed by atoms with van der Waals surface area (Å²) in [5.74, 6) is 0. The summed E-state index contributed by atoms with van der Waals surface area (Å²) in [6, 6.07) is 10.1. The number of nitrogens with zero attached hydrogens (tertiary/aromatic N) is 2. The van der Waals surface area contributed by atoms with Crippen LogP contribution in [-0.2, 0) is 0 Å². The van der Waals surface area contributed by atoms with Gasteiger partial charge in [-0.25, -0.2) is 4.98 Å². The summed E-state index contributed by atoms with van der Waals surface area (Å²) >= 11 is 3.48. The van der Waals surface area contributed by atoms with Crippen LogP contribution in [0.5, 0.6) is 0 Å². The van der Waals surface area contributed by atoms with Gasteiger partial charge in [-0.15, -0.1) is 0 Å². The lowest BCUT2D eigenvalue weighted by Gasteiger charge is -2.09. The number of nitrogens with two attached hydrogens (primary N) is 1. The van der Waals surface area contributed by atoms with Gasteiger partial charge >= 0.3 is 0 Å². The van der Waals surface area contributed by atoms with Gasteiger partial charge in [-0.05, 0) is 55.3 Å². The van der Waals surface area contributed by atoms with Crippen molar-refractivity contribution in [1.82, 2.24) is 9.55 Å². The summed E-state index contributed by atoms with van der Waals surface area (Å²) in [7, 11) is 0. The number of rotatable bonds is 1. The first kappa shape index (κ1) is 12.2. The molecule has 0 aliphatic carbocycles. The summed E-state index contributed by atoms with van der Waals surface area (Å²) in [6.45, 7) is 4.21. The van der Waals surface area contributed by atoms with Gasteiger partial charge in [-0.1, -0.05) is 15.9 Å². The highest BCUT2D eigenvalue weighted by Crippen LogP contribution is 2.27. The third-order valence-corrected chi connectivity index (χ3v) is 3.91. The number of hydrogen-bond donors (Lipinski definition) is 1. The van der Waals surface area contributed by atoms with Gasteiger partial charge < -0.3 is 5.73 Å². The van der Waals surface area contributed by atoms with Crippen molar-refractivity contribution in [3.05, 3.63) is 52.3 Å². The first-order valence-electron chi connectivity index (χ1n) is 6.06. The van der Waals surface area contributed by atoms with E-state index in [1.165, 1.54) is 11.1 Å². The number of hydrogen-bond acceptors (Lipinski definition) is 2. The van der Waals surface area contributed by atoms with Crippen LogP contribution in [0, 0.1) is 13.8 Å². The van der Waals surface area contributed by atoms with E-state index in [0.717, 1.165) is 26.9 Å². The van der Waals surface area contributed by atoms with E-state index in [0.29, 0.717) is 0 Å². The van der Waals surface area contributed by atoms with E-state index in [2.05, 4.69) is 46.9 Å². The van der Waals surface area contributed by atoms with Crippen molar-refractivity contribution in [3.63, 3.8) is 0 Å². The molecule has 0 spiro atoms. The molecule has 0 saturated carbocycles. The monoisotopic (exact) mass is 315 g/mol. The number of halogens is 1. The lowest BCUT2D eigenvalue weighted by Crippen LogP contribution is -1.98. The number of aryl methyl sites for hydroxylation is 2. The van der Waals surface area contributed by atoms with Gasteiger partial charge in [-0.3, -0.25) is 4.57 Å². The Bertz CT molecular complexity index is 774. The summed E-state index contributed by atoms with van der Waals surface area (Å²) < 4.78 is 3.03. The minimum absolute atomic E-state index is 0.737. The Labute approximate surface area is 120 Å². The quantitative estimate of drug-likeness (QED) is 0.690. The van der Waals surface area contributed by atoms with Gasteiger partial charge in [0.2, 0.25) is 0 Å². The number of fused-ring (bicyclic) bond motifs is 1. The van der Waals surface area contributed by atoms with Gasteiger partial charge in [0.05, 0.1) is 22.4 Å². The number of aromatic nitrogens is 2. The topological polar surface area (TPSA) is 43.8 Å². The van der Waals surface area contributed by atoms with Crippen molar-refractivity contribution in [2.75, 3.05) is 5.73 Å². The molecule has 0 aliphatic heterocycles. The molecular weight excluding hydrogens is 302 g/mol. The maximum Gasteiger partial charge on any atom is 0.100 e. The van der Waals surface area contributed by atoms with Gasteiger partial charge in [0, 0.05) is 4.47 Å². The molecule has 0 radical (unpaired) electrons. The van der Waals surface area contributed by atoms with Gasteiger partial charge in [0.25, 0.3) is 0 Å². The maximum absolute atomic E-state index is 6.07. The predicted octanol–water partition coefficient (Wildman–Crippen LogP) is 3.99. The van der Waals surface area contributed by atoms with E-state index in [4.69, 9.17) is 5.73 Å². The SMILES string of the molecule is Cc1cc2ncn(-c3cc(Br)ccc3N)c2cc1C. The molecule has 0 bridgehead atoms. The molecule has 0 aliphatic rings. The predicted molar refractivity (Wildman–Crippen MR) is 82.7 cm³/mol. The van der Waals surface area contributed by atoms with Crippen molar-refractivity contribution in [2.24, 2.45) is 0 Å². The normalized spacial score (nSPS) is 11.1. The molecule has 0 fully saturated rings. The number of nitrogen functional groups attached to an aromatic ring is 1. The zero-order valence-corrected chi connectivity index (χ0v) is 12.4. The molecule has 2 aromatic carbocycles. The van der Waals surface area contributed by atoms with Gasteiger partial charge in [-0.2, -0.15) is 0 Å². The Morgan fingerprint density at radius 3 is 2.63 bits per heavy atom. The summed E-state index contributed by atoms with van der Waals surface area (Å²) in [5.41, 5.74) is 12.3. The van der Waals surface area contributed by atoms with Crippen LogP contribution in [0.2, 0.25) is 0 Å². The Kier molecular flexibility index (Phi) is 2.82. The fraction of sp³-hybridized carbons (Fsp3) is 0.133. The van der Waals surface area contributed by atoms with Crippen molar-refractivity contribution in [2.45, 2.75) is 13.8 Å². The number of benzene rings is 2. The lowest BCUT2D eigenvalue weighted by molar-refractivity contribution is 1.09. The van der Waals surface area contributed by atoms with Crippen LogP contribution >= 0.6 is 15.9 Å². The average molecular weight is 316 g/mol. The third kappa shape index (κ3) is 2.02. The lowest BCUT2D eigenvalue weighted by atomic mass is 10.1. The van der Waals surface area contributed by atoms with E-state index < -0.39 is 0 Å². The van der Waals surface area contributed by atoms with E-state index >= 15 is 0 Å². The molecule has 2 N–H and O–H groups in total. The second kappa shape index (κ2) is 4.38. The molecule has 0 saturated heterocycles. The summed E-state index contributed by atoms with van der Waals surface area (Å²) in [5, 5.41) is 0. The van der Waals surface area contributed by atoms with E-state index in [9.17, 15) is 0 Å². The first-order chi connectivity index (χ1) is 9.06. The number of imidazole rings is 1. The molecule has 3 rings (SSSR count). The van der Waals surface area contributed by atoms with Gasteiger partial charge in [0.15, 0.2) is 0 Å². The molecule has 1 aromatic heterocycles. The third-order valence-electron chi connectivity index (χ3n) is 3.41. The molecule has 96 valence electrons. The minimum Gasteiger partial charge on any atom is -0.397 e. The van der Waals surface area contributed by atoms with Crippen molar-refractivity contribution in [3.8, 4) is 5.69 Å². The standard InChI is InChI=1S/C15H14BrN3/c1-9-5-13-15(6-10(9)2)19(8-18-13)14-7-11(16)3-4-12(14)17/h3-8H,17H2,1-2H3. The smallest absolute Gasteiger partial charge is 0.100 e. The molecular formula is C15H14BrN3. The molecule has 0 unspecified atom stereocenters. The maximum atomic E-state index is 6.07. The summed E-state index contributed by atoms with van der Waals surface area (Å²) in [4.78, 5) is 4.46. The Morgan fingerprint density at radius 1 is 1.11 bits per heavy atom. The number of anilines is 1. The zero-order chi connectivity index (χ0) is 13.6. The highest BCUT2D eigenvalue weighted by atomic mass is 79.9. The van der Waals surface area contributed by atoms with Crippen LogP contribution in [0.3, 0.4) is 0 Å². The Balaban J connectivity index is 2.31. The van der Waals surface area contributed by atoms with Crippen molar-refractivity contribution in [1.29, 1.82) is 0 Å². The highest BCUT2D eigenvalue weighted by molar-refractivity contribution is 9.10. The Hall–Kier alpha value is -1.81. The molecule has 1 heterocycles. The molecule has 3 aromatic rings. The summed E-state index contributed by atoms with van der Waals surface area (Å²) in [6.07, 6.45) is 1.82. The second-order valence-electron chi connectivity index (χ2n) is 4.74. The average Bonchev–Trinajstić information content (AvgIpc) is 2.76. The van der Waals surface area contributed by atoms with Crippen molar-refractivity contribution < 1.29 is 0 Å². The van der Waals surface area contributed by atoms with Crippen molar-refractivity contribution >= 4 is 32.7 Å². The Morgan fingerprint density at radius 2 is 1.84 bits per heavy atom.